The first kappa shape index (κ1) is 12.2. The van der Waals surface area contributed by atoms with Gasteiger partial charge < -0.3 is 5.73 Å². The van der Waals surface area contributed by atoms with Gasteiger partial charge in [-0.2, -0.15) is 0 Å². The van der Waals surface area contributed by atoms with Crippen molar-refractivity contribution >= 4 is 27.8 Å². The van der Waals surface area contributed by atoms with Crippen LogP contribution in [0.1, 0.15) is 10.7 Å². The number of thiazole rings is 1. The number of halogens is 1. The molecular formula is C11H11FN2OS2. The van der Waals surface area contributed by atoms with E-state index in [9.17, 15) is 8.60 Å². The highest BCUT2D eigenvalue weighted by Crippen LogP contribution is 2.19. The number of hydrogen-bond donors (Lipinski definition) is 1. The fourth-order valence-electron chi connectivity index (χ4n) is 1.31. The maximum absolute atomic E-state index is 13.2. The standard InChI is InChI=1S/C11H11FN2OS2/c1-7-5-16-11(14-7)6-17(15)8-2-3-10(13)9(12)4-8/h2-5H,6,13H2,1H3. The third kappa shape index (κ3) is 2.89. The van der Waals surface area contributed by atoms with Crippen LogP contribution in [0.25, 0.3) is 0 Å². The molecule has 0 spiro atoms. The molecule has 0 saturated heterocycles. The van der Waals surface area contributed by atoms with Gasteiger partial charge in [-0.05, 0) is 25.1 Å². The molecule has 0 aliphatic heterocycles. The summed E-state index contributed by atoms with van der Waals surface area (Å²) in [5, 5.41) is 2.69. The molecule has 90 valence electrons. The lowest BCUT2D eigenvalue weighted by atomic mass is 10.3. The van der Waals surface area contributed by atoms with Gasteiger partial charge in [0.25, 0.3) is 0 Å². The molecule has 2 aromatic rings. The van der Waals surface area contributed by atoms with Crippen LogP contribution in [0.15, 0.2) is 28.5 Å². The molecule has 0 saturated carbocycles. The van der Waals surface area contributed by atoms with E-state index in [2.05, 4.69) is 4.98 Å². The molecule has 1 unspecified atom stereocenters. The van der Waals surface area contributed by atoms with E-state index in [0.29, 0.717) is 10.6 Å². The van der Waals surface area contributed by atoms with Crippen LogP contribution in [0.5, 0.6) is 0 Å². The summed E-state index contributed by atoms with van der Waals surface area (Å²) in [6.45, 7) is 1.88. The molecule has 1 atom stereocenters. The average Bonchev–Trinajstić information content (AvgIpc) is 2.68. The smallest absolute Gasteiger partial charge is 0.147 e. The van der Waals surface area contributed by atoms with Gasteiger partial charge in [-0.15, -0.1) is 11.3 Å². The second kappa shape index (κ2) is 4.93. The Bertz CT molecular complexity index is 568. The monoisotopic (exact) mass is 270 g/mol. The first-order valence-electron chi connectivity index (χ1n) is 4.90. The Hall–Kier alpha value is -1.27. The van der Waals surface area contributed by atoms with Crippen molar-refractivity contribution in [2.45, 2.75) is 17.6 Å². The molecule has 0 aliphatic carbocycles. The molecule has 1 aromatic carbocycles. The number of hydrogen-bond acceptors (Lipinski definition) is 4. The third-order valence-electron chi connectivity index (χ3n) is 2.16. The number of nitrogen functional groups attached to an aromatic ring is 1. The van der Waals surface area contributed by atoms with Gasteiger partial charge in [0.2, 0.25) is 0 Å². The van der Waals surface area contributed by atoms with Crippen LogP contribution in [0.2, 0.25) is 0 Å². The summed E-state index contributed by atoms with van der Waals surface area (Å²) < 4.78 is 25.2. The highest BCUT2D eigenvalue weighted by atomic mass is 32.2. The van der Waals surface area contributed by atoms with Gasteiger partial charge in [-0.1, -0.05) is 0 Å². The highest BCUT2D eigenvalue weighted by molar-refractivity contribution is 7.84. The van der Waals surface area contributed by atoms with Gasteiger partial charge >= 0.3 is 0 Å². The van der Waals surface area contributed by atoms with E-state index in [0.717, 1.165) is 10.7 Å². The zero-order chi connectivity index (χ0) is 12.4. The molecule has 1 aromatic heterocycles. The number of anilines is 1. The van der Waals surface area contributed by atoms with Gasteiger partial charge in [0.15, 0.2) is 0 Å². The Morgan fingerprint density at radius 1 is 1.53 bits per heavy atom. The second-order valence-corrected chi connectivity index (χ2v) is 5.95. The van der Waals surface area contributed by atoms with E-state index in [1.54, 1.807) is 6.07 Å². The molecule has 3 nitrogen and oxygen atoms in total. The maximum atomic E-state index is 13.2. The van der Waals surface area contributed by atoms with E-state index in [1.807, 2.05) is 12.3 Å². The number of nitrogens with two attached hydrogens (primary N) is 1. The van der Waals surface area contributed by atoms with Crippen LogP contribution in [0.4, 0.5) is 10.1 Å². The summed E-state index contributed by atoms with van der Waals surface area (Å²) in [5.74, 6) is -0.229. The molecule has 0 fully saturated rings. The summed E-state index contributed by atoms with van der Waals surface area (Å²) in [5.41, 5.74) is 6.33. The van der Waals surface area contributed by atoms with Gasteiger partial charge in [-0.3, -0.25) is 4.21 Å². The minimum atomic E-state index is -1.29. The summed E-state index contributed by atoms with van der Waals surface area (Å²) in [6, 6.07) is 4.22. The number of aryl methyl sites for hydroxylation is 1. The SMILES string of the molecule is Cc1csc(CS(=O)c2ccc(N)c(F)c2)n1. The molecule has 17 heavy (non-hydrogen) atoms. The fraction of sp³-hybridized carbons (Fsp3) is 0.182. The fourth-order valence-corrected chi connectivity index (χ4v) is 3.37. The van der Waals surface area contributed by atoms with E-state index in [1.165, 1.54) is 23.5 Å². The molecule has 0 aliphatic rings. The van der Waals surface area contributed by atoms with Crippen molar-refractivity contribution in [2.24, 2.45) is 0 Å². The number of rotatable bonds is 3. The van der Waals surface area contributed by atoms with Crippen LogP contribution in [-0.2, 0) is 16.6 Å². The second-order valence-electron chi connectivity index (χ2n) is 3.56. The van der Waals surface area contributed by atoms with Gasteiger partial charge in [-0.25, -0.2) is 9.37 Å². The van der Waals surface area contributed by atoms with Gasteiger partial charge in [0, 0.05) is 16.0 Å². The van der Waals surface area contributed by atoms with Crippen LogP contribution >= 0.6 is 11.3 Å². The van der Waals surface area contributed by atoms with Crippen LogP contribution < -0.4 is 5.73 Å². The lowest BCUT2D eigenvalue weighted by Gasteiger charge is -2.02. The topological polar surface area (TPSA) is 56.0 Å². The predicted molar refractivity (Wildman–Crippen MR) is 67.8 cm³/mol. The van der Waals surface area contributed by atoms with Crippen molar-refractivity contribution in [1.29, 1.82) is 0 Å². The molecule has 0 amide bonds. The first-order chi connectivity index (χ1) is 8.06. The minimum Gasteiger partial charge on any atom is -0.396 e. The normalized spacial score (nSPS) is 12.6. The maximum Gasteiger partial charge on any atom is 0.147 e. The molecule has 6 heteroatoms. The summed E-state index contributed by atoms with van der Waals surface area (Å²) in [4.78, 5) is 4.66. The molecule has 0 bridgehead atoms. The Labute approximate surface area is 105 Å². The Balaban J connectivity index is 2.17. The lowest BCUT2D eigenvalue weighted by molar-refractivity contribution is 0.627. The van der Waals surface area contributed by atoms with Crippen molar-refractivity contribution in [3.8, 4) is 0 Å². The number of benzene rings is 1. The zero-order valence-electron chi connectivity index (χ0n) is 9.14. The van der Waals surface area contributed by atoms with Crippen LogP contribution in [0.3, 0.4) is 0 Å². The Kier molecular flexibility index (Phi) is 3.54. The molecule has 1 heterocycles. The summed E-state index contributed by atoms with van der Waals surface area (Å²) >= 11 is 1.46. The molecule has 2 rings (SSSR count). The van der Waals surface area contributed by atoms with Crippen molar-refractivity contribution < 1.29 is 8.60 Å². The van der Waals surface area contributed by atoms with Crippen LogP contribution in [-0.4, -0.2) is 9.19 Å². The number of nitrogens with zero attached hydrogens (tertiary/aromatic N) is 1. The third-order valence-corrected chi connectivity index (χ3v) is 4.62. The van der Waals surface area contributed by atoms with Crippen molar-refractivity contribution in [3.63, 3.8) is 0 Å². The first-order valence-corrected chi connectivity index (χ1v) is 7.10. The van der Waals surface area contributed by atoms with E-state index >= 15 is 0 Å². The van der Waals surface area contributed by atoms with Crippen molar-refractivity contribution in [3.05, 3.63) is 40.1 Å². The van der Waals surface area contributed by atoms with E-state index < -0.39 is 16.6 Å². The lowest BCUT2D eigenvalue weighted by Crippen LogP contribution is -1.98. The molecule has 0 radical (unpaired) electrons. The predicted octanol–water partition coefficient (Wildman–Crippen LogP) is 2.48. The van der Waals surface area contributed by atoms with E-state index in [4.69, 9.17) is 5.73 Å². The van der Waals surface area contributed by atoms with Crippen LogP contribution in [0, 0.1) is 12.7 Å². The summed E-state index contributed by atoms with van der Waals surface area (Å²) in [7, 11) is -1.29. The largest absolute Gasteiger partial charge is 0.396 e. The Morgan fingerprint density at radius 3 is 2.88 bits per heavy atom. The zero-order valence-corrected chi connectivity index (χ0v) is 10.8. The highest BCUT2D eigenvalue weighted by Gasteiger charge is 2.10. The average molecular weight is 270 g/mol. The van der Waals surface area contributed by atoms with Gasteiger partial charge in [0.05, 0.1) is 22.2 Å². The van der Waals surface area contributed by atoms with Crippen molar-refractivity contribution in [2.75, 3.05) is 5.73 Å². The number of aromatic nitrogens is 1. The molecule has 2 N–H and O–H groups in total. The minimum absolute atomic E-state index is 0.0656. The van der Waals surface area contributed by atoms with E-state index in [-0.39, 0.29) is 5.69 Å². The Morgan fingerprint density at radius 2 is 2.29 bits per heavy atom. The van der Waals surface area contributed by atoms with Crippen molar-refractivity contribution in [1.82, 2.24) is 4.98 Å². The van der Waals surface area contributed by atoms with Gasteiger partial charge in [0.1, 0.15) is 10.8 Å². The quantitative estimate of drug-likeness (QED) is 0.872. The molecular weight excluding hydrogens is 259 g/mol. The summed E-state index contributed by atoms with van der Waals surface area (Å²) in [6.07, 6.45) is 0.